The van der Waals surface area contributed by atoms with Crippen molar-refractivity contribution < 1.29 is 19.1 Å². The van der Waals surface area contributed by atoms with Gasteiger partial charge in [-0.3, -0.25) is 14.9 Å². The average molecular weight is 542 g/mol. The highest BCUT2D eigenvalue weighted by Crippen LogP contribution is 2.44. The summed E-state index contributed by atoms with van der Waals surface area (Å²) in [5.41, 5.74) is 0.512. The van der Waals surface area contributed by atoms with E-state index in [0.717, 1.165) is 23.4 Å². The van der Waals surface area contributed by atoms with Crippen molar-refractivity contribution in [2.24, 2.45) is 0 Å². The third kappa shape index (κ3) is 8.93. The molecule has 10 heteroatoms. The van der Waals surface area contributed by atoms with Crippen LogP contribution in [0.5, 0.6) is 0 Å². The molecule has 3 amide bonds. The smallest absolute Gasteiger partial charge is 0.408 e. The van der Waals surface area contributed by atoms with E-state index in [1.54, 1.807) is 26.8 Å². The predicted molar refractivity (Wildman–Crippen MR) is 149 cm³/mol. The van der Waals surface area contributed by atoms with Crippen LogP contribution in [0.25, 0.3) is 0 Å². The van der Waals surface area contributed by atoms with Crippen molar-refractivity contribution in [1.29, 1.82) is 0 Å². The number of carbonyl (C=O) groups excluding carboxylic acids is 3. The Balaban J connectivity index is 1.63. The van der Waals surface area contributed by atoms with E-state index < -0.39 is 23.8 Å². The number of nitrogens with one attached hydrogen (secondary N) is 3. The van der Waals surface area contributed by atoms with E-state index in [0.29, 0.717) is 24.4 Å². The third-order valence-electron chi connectivity index (χ3n) is 6.44. The summed E-state index contributed by atoms with van der Waals surface area (Å²) < 4.78 is 5.29. The van der Waals surface area contributed by atoms with Crippen molar-refractivity contribution in [3.8, 4) is 0 Å². The van der Waals surface area contributed by atoms with Gasteiger partial charge in [-0.15, -0.1) is 10.2 Å². The van der Waals surface area contributed by atoms with Crippen LogP contribution < -0.4 is 16.0 Å². The number of carbonyl (C=O) groups is 3. The van der Waals surface area contributed by atoms with Crippen molar-refractivity contribution >= 4 is 34.4 Å². The van der Waals surface area contributed by atoms with Crippen LogP contribution in [0.15, 0.2) is 42.5 Å². The molecule has 0 radical (unpaired) electrons. The van der Waals surface area contributed by atoms with E-state index in [-0.39, 0.29) is 17.2 Å². The normalized spacial score (nSPS) is 16.2. The molecule has 3 rings (SSSR count). The summed E-state index contributed by atoms with van der Waals surface area (Å²) in [4.78, 5) is 37.9. The van der Waals surface area contributed by atoms with Crippen LogP contribution in [0, 0.1) is 0 Å². The SMILES string of the molecule is CC[C@H](NC(=O)OC(C)(C)C)C(=O)N[C@H](/C=C/C(=O)Nc1nnc(C2(C)CCC2)s1)CCc1ccccc1. The fraction of sp³-hybridized carbons (Fsp3) is 0.536. The van der Waals surface area contributed by atoms with Gasteiger partial charge in [-0.1, -0.05) is 68.0 Å². The third-order valence-corrected chi connectivity index (χ3v) is 7.58. The van der Waals surface area contributed by atoms with Gasteiger partial charge in [0, 0.05) is 17.5 Å². The lowest BCUT2D eigenvalue weighted by molar-refractivity contribution is -0.123. The van der Waals surface area contributed by atoms with E-state index >= 15 is 0 Å². The lowest BCUT2D eigenvalue weighted by atomic mass is 9.71. The number of rotatable bonds is 11. The van der Waals surface area contributed by atoms with Crippen molar-refractivity contribution in [1.82, 2.24) is 20.8 Å². The first kappa shape index (κ1) is 29.3. The maximum atomic E-state index is 13.0. The van der Waals surface area contributed by atoms with Gasteiger partial charge in [0.15, 0.2) is 0 Å². The Morgan fingerprint density at radius 1 is 1.13 bits per heavy atom. The number of aryl methyl sites for hydroxylation is 1. The minimum Gasteiger partial charge on any atom is -0.444 e. The molecule has 2 aromatic rings. The van der Waals surface area contributed by atoms with Gasteiger partial charge in [-0.05, 0) is 58.4 Å². The molecular formula is C28H39N5O4S. The average Bonchev–Trinajstić information content (AvgIpc) is 3.30. The Kier molecular flexibility index (Phi) is 10.0. The standard InChI is InChI=1S/C28H39N5O4S/c1-6-21(30-26(36)37-27(2,3)4)23(35)29-20(14-13-19-11-8-7-9-12-19)15-16-22(34)31-25-33-32-24(38-25)28(5)17-10-18-28/h7-9,11-12,15-16,20-21H,6,10,13-14,17-18H2,1-5H3,(H,29,35)(H,30,36)(H,31,33,34)/b16-15+/t20-,21-/m0/s1. The molecule has 2 atom stereocenters. The predicted octanol–water partition coefficient (Wildman–Crippen LogP) is 4.90. The van der Waals surface area contributed by atoms with Gasteiger partial charge in [0.05, 0.1) is 0 Å². The zero-order valence-electron chi connectivity index (χ0n) is 22.9. The van der Waals surface area contributed by atoms with Gasteiger partial charge in [0.2, 0.25) is 16.9 Å². The topological polar surface area (TPSA) is 122 Å². The molecule has 0 bridgehead atoms. The fourth-order valence-electron chi connectivity index (χ4n) is 4.06. The Hall–Kier alpha value is -3.27. The van der Waals surface area contributed by atoms with Crippen LogP contribution >= 0.6 is 11.3 Å². The summed E-state index contributed by atoms with van der Waals surface area (Å²) in [6.45, 7) is 9.27. The molecule has 1 heterocycles. The highest BCUT2D eigenvalue weighted by molar-refractivity contribution is 7.15. The minimum absolute atomic E-state index is 0.0620. The van der Waals surface area contributed by atoms with E-state index in [1.165, 1.54) is 23.8 Å². The molecule has 1 fully saturated rings. The molecule has 1 aliphatic rings. The van der Waals surface area contributed by atoms with Gasteiger partial charge in [0.1, 0.15) is 16.7 Å². The Bertz CT molecular complexity index is 1120. The molecule has 1 aromatic heterocycles. The van der Waals surface area contributed by atoms with Crippen LogP contribution in [0.3, 0.4) is 0 Å². The minimum atomic E-state index is -0.765. The van der Waals surface area contributed by atoms with Gasteiger partial charge in [-0.2, -0.15) is 0 Å². The van der Waals surface area contributed by atoms with Gasteiger partial charge in [0.25, 0.3) is 0 Å². The summed E-state index contributed by atoms with van der Waals surface area (Å²) in [5, 5.41) is 18.2. The van der Waals surface area contributed by atoms with Crippen LogP contribution in [-0.4, -0.2) is 45.8 Å². The second kappa shape index (κ2) is 13.0. The van der Waals surface area contributed by atoms with E-state index in [4.69, 9.17) is 4.74 Å². The summed E-state index contributed by atoms with van der Waals surface area (Å²) in [6, 6.07) is 8.72. The molecule has 1 aliphatic carbocycles. The van der Waals surface area contributed by atoms with Crippen molar-refractivity contribution in [2.45, 2.75) is 96.2 Å². The fourth-order valence-corrected chi connectivity index (χ4v) is 5.01. The van der Waals surface area contributed by atoms with Crippen molar-refractivity contribution in [3.63, 3.8) is 0 Å². The molecule has 38 heavy (non-hydrogen) atoms. The van der Waals surface area contributed by atoms with E-state index in [9.17, 15) is 14.4 Å². The molecule has 206 valence electrons. The van der Waals surface area contributed by atoms with Crippen molar-refractivity contribution in [3.05, 3.63) is 53.1 Å². The molecule has 1 aromatic carbocycles. The zero-order valence-corrected chi connectivity index (χ0v) is 23.7. The molecule has 3 N–H and O–H groups in total. The first-order chi connectivity index (χ1) is 18.0. The van der Waals surface area contributed by atoms with Crippen molar-refractivity contribution in [2.75, 3.05) is 5.32 Å². The zero-order chi connectivity index (χ0) is 27.8. The first-order valence-corrected chi connectivity index (χ1v) is 14.0. The number of hydrogen-bond donors (Lipinski definition) is 3. The molecule has 0 unspecified atom stereocenters. The second-order valence-corrected chi connectivity index (χ2v) is 11.9. The summed E-state index contributed by atoms with van der Waals surface area (Å²) >= 11 is 1.40. The lowest BCUT2D eigenvalue weighted by Crippen LogP contribution is -2.50. The van der Waals surface area contributed by atoms with Gasteiger partial charge < -0.3 is 15.4 Å². The number of hydrogen-bond acceptors (Lipinski definition) is 7. The number of ether oxygens (including phenoxy) is 1. The number of anilines is 1. The molecular weight excluding hydrogens is 502 g/mol. The molecule has 0 aliphatic heterocycles. The van der Waals surface area contributed by atoms with Crippen LogP contribution in [-0.2, 0) is 26.2 Å². The Labute approximate surface area is 228 Å². The Morgan fingerprint density at radius 2 is 1.84 bits per heavy atom. The quantitative estimate of drug-likeness (QED) is 0.348. The first-order valence-electron chi connectivity index (χ1n) is 13.1. The highest BCUT2D eigenvalue weighted by atomic mass is 32.1. The number of benzene rings is 1. The number of nitrogens with zero attached hydrogens (tertiary/aromatic N) is 2. The summed E-state index contributed by atoms with van der Waals surface area (Å²) in [7, 11) is 0. The van der Waals surface area contributed by atoms with Crippen LogP contribution in [0.1, 0.15) is 77.3 Å². The van der Waals surface area contributed by atoms with E-state index in [2.05, 4.69) is 33.1 Å². The van der Waals surface area contributed by atoms with Gasteiger partial charge in [-0.25, -0.2) is 4.79 Å². The number of amides is 3. The number of aromatic nitrogens is 2. The summed E-state index contributed by atoms with van der Waals surface area (Å²) in [6.07, 6.45) is 7.44. The monoisotopic (exact) mass is 541 g/mol. The molecule has 0 saturated heterocycles. The van der Waals surface area contributed by atoms with Crippen LogP contribution in [0.2, 0.25) is 0 Å². The Morgan fingerprint density at radius 3 is 2.45 bits per heavy atom. The maximum absolute atomic E-state index is 13.0. The highest BCUT2D eigenvalue weighted by Gasteiger charge is 2.37. The lowest BCUT2D eigenvalue weighted by Gasteiger charge is -2.35. The van der Waals surface area contributed by atoms with Gasteiger partial charge >= 0.3 is 6.09 Å². The second-order valence-electron chi connectivity index (χ2n) is 10.9. The molecule has 0 spiro atoms. The largest absolute Gasteiger partial charge is 0.444 e. The molecule has 9 nitrogen and oxygen atoms in total. The number of alkyl carbamates (subject to hydrolysis) is 1. The molecule has 1 saturated carbocycles. The summed E-state index contributed by atoms with van der Waals surface area (Å²) in [5.74, 6) is -0.687. The van der Waals surface area contributed by atoms with Crippen LogP contribution in [0.4, 0.5) is 9.93 Å². The van der Waals surface area contributed by atoms with E-state index in [1.807, 2.05) is 37.3 Å². The maximum Gasteiger partial charge on any atom is 0.408 e.